The number of nitrogens with zero attached hydrogens (tertiary/aromatic N) is 1. The number of anilines is 1. The van der Waals surface area contributed by atoms with E-state index in [-0.39, 0.29) is 29.1 Å². The maximum Gasteiger partial charge on any atom is 0.278 e. The summed E-state index contributed by atoms with van der Waals surface area (Å²) < 4.78 is 0. The molecule has 0 bridgehead atoms. The minimum atomic E-state index is -0.378. The summed E-state index contributed by atoms with van der Waals surface area (Å²) >= 11 is 12.4. The topological polar surface area (TPSA) is 49.4 Å². The van der Waals surface area contributed by atoms with E-state index >= 15 is 0 Å². The lowest BCUT2D eigenvalue weighted by Gasteiger charge is -2.19. The van der Waals surface area contributed by atoms with Gasteiger partial charge in [0.1, 0.15) is 5.70 Å². The van der Waals surface area contributed by atoms with Crippen molar-refractivity contribution in [1.82, 2.24) is 4.90 Å². The van der Waals surface area contributed by atoms with Crippen LogP contribution in [0.15, 0.2) is 66.4 Å². The number of benzene rings is 3. The van der Waals surface area contributed by atoms with Crippen LogP contribution in [0.3, 0.4) is 0 Å². The second kappa shape index (κ2) is 7.54. The molecule has 1 aliphatic rings. The Labute approximate surface area is 178 Å². The van der Waals surface area contributed by atoms with Gasteiger partial charge >= 0.3 is 0 Å². The van der Waals surface area contributed by atoms with E-state index < -0.39 is 0 Å². The lowest BCUT2D eigenvalue weighted by molar-refractivity contribution is -0.138. The molecule has 4 nitrogen and oxygen atoms in total. The first-order chi connectivity index (χ1) is 13.9. The second-order valence-electron chi connectivity index (χ2n) is 7.10. The largest absolute Gasteiger partial charge is 0.350 e. The molecule has 3 aromatic rings. The number of imide groups is 1. The number of carbonyl (C=O) groups is 2. The van der Waals surface area contributed by atoms with E-state index in [0.717, 1.165) is 16.5 Å². The van der Waals surface area contributed by atoms with Crippen LogP contribution in [-0.2, 0) is 9.59 Å². The molecule has 3 aromatic carbocycles. The highest BCUT2D eigenvalue weighted by Gasteiger charge is 2.41. The Morgan fingerprint density at radius 2 is 1.62 bits per heavy atom. The van der Waals surface area contributed by atoms with E-state index in [4.69, 9.17) is 23.2 Å². The van der Waals surface area contributed by atoms with Gasteiger partial charge in [-0.05, 0) is 37.4 Å². The van der Waals surface area contributed by atoms with Crippen LogP contribution in [0.1, 0.15) is 19.4 Å². The van der Waals surface area contributed by atoms with Crippen LogP contribution in [0.4, 0.5) is 5.69 Å². The molecule has 146 valence electrons. The van der Waals surface area contributed by atoms with Gasteiger partial charge in [0, 0.05) is 27.7 Å². The average Bonchev–Trinajstić information content (AvgIpc) is 2.92. The molecule has 29 heavy (non-hydrogen) atoms. The van der Waals surface area contributed by atoms with Crippen LogP contribution >= 0.6 is 23.2 Å². The molecule has 1 aliphatic heterocycles. The summed E-state index contributed by atoms with van der Waals surface area (Å²) in [6.07, 6.45) is 0. The monoisotopic (exact) mass is 424 g/mol. The number of rotatable bonds is 4. The van der Waals surface area contributed by atoms with E-state index in [0.29, 0.717) is 15.6 Å². The Kier molecular flexibility index (Phi) is 5.07. The number of carbonyl (C=O) groups excluding carboxylic acids is 2. The van der Waals surface area contributed by atoms with E-state index in [2.05, 4.69) is 5.32 Å². The summed E-state index contributed by atoms with van der Waals surface area (Å²) in [4.78, 5) is 27.6. The molecule has 0 spiro atoms. The van der Waals surface area contributed by atoms with Crippen LogP contribution in [0.5, 0.6) is 0 Å². The van der Waals surface area contributed by atoms with Gasteiger partial charge < -0.3 is 5.32 Å². The summed E-state index contributed by atoms with van der Waals surface area (Å²) in [5.74, 6) is -0.754. The number of amides is 2. The smallest absolute Gasteiger partial charge is 0.278 e. The Morgan fingerprint density at radius 3 is 2.34 bits per heavy atom. The predicted octanol–water partition coefficient (Wildman–Crippen LogP) is 5.75. The predicted molar refractivity (Wildman–Crippen MR) is 118 cm³/mol. The van der Waals surface area contributed by atoms with Gasteiger partial charge in [-0.2, -0.15) is 0 Å². The van der Waals surface area contributed by atoms with Crippen molar-refractivity contribution in [3.8, 4) is 0 Å². The Hall–Kier alpha value is -2.82. The lowest BCUT2D eigenvalue weighted by atomic mass is 10.0. The molecule has 4 rings (SSSR count). The zero-order valence-corrected chi connectivity index (χ0v) is 17.4. The maximum atomic E-state index is 13.2. The third-order valence-corrected chi connectivity index (χ3v) is 5.43. The summed E-state index contributed by atoms with van der Waals surface area (Å²) in [6.45, 7) is 3.61. The molecule has 1 heterocycles. The first kappa shape index (κ1) is 19.5. The van der Waals surface area contributed by atoms with Crippen LogP contribution in [0.2, 0.25) is 10.0 Å². The molecule has 0 unspecified atom stereocenters. The molecule has 0 aliphatic carbocycles. The molecule has 0 atom stereocenters. The minimum Gasteiger partial charge on any atom is -0.350 e. The number of hydrogen-bond acceptors (Lipinski definition) is 3. The second-order valence-corrected chi connectivity index (χ2v) is 7.94. The SMILES string of the molecule is CC(C)N1C(=O)C(Nc2cccc3ccccc23)=C(c2ccc(Cl)cc2Cl)C1=O. The quantitative estimate of drug-likeness (QED) is 0.542. The highest BCUT2D eigenvalue weighted by Crippen LogP contribution is 2.37. The average molecular weight is 425 g/mol. The van der Waals surface area contributed by atoms with Crippen molar-refractivity contribution in [3.05, 3.63) is 82.0 Å². The van der Waals surface area contributed by atoms with Gasteiger partial charge in [0.05, 0.1) is 10.6 Å². The van der Waals surface area contributed by atoms with Gasteiger partial charge in [0.25, 0.3) is 11.8 Å². The zero-order valence-electron chi connectivity index (χ0n) is 15.9. The number of fused-ring (bicyclic) bond motifs is 1. The number of halogens is 2. The van der Waals surface area contributed by atoms with Gasteiger partial charge in [-0.25, -0.2) is 0 Å². The van der Waals surface area contributed by atoms with Crippen LogP contribution < -0.4 is 5.32 Å². The molecule has 2 amide bonds. The number of nitrogens with one attached hydrogen (secondary N) is 1. The maximum absolute atomic E-state index is 13.2. The van der Waals surface area contributed by atoms with Crippen LogP contribution in [0, 0.1) is 0 Å². The molecule has 0 saturated carbocycles. The summed E-state index contributed by atoms with van der Waals surface area (Å²) in [5, 5.41) is 5.97. The lowest BCUT2D eigenvalue weighted by Crippen LogP contribution is -2.38. The highest BCUT2D eigenvalue weighted by molar-refractivity contribution is 6.41. The Morgan fingerprint density at radius 1 is 0.897 bits per heavy atom. The van der Waals surface area contributed by atoms with Crippen LogP contribution in [-0.4, -0.2) is 22.8 Å². The molecule has 0 saturated heterocycles. The Bertz CT molecular complexity index is 1180. The highest BCUT2D eigenvalue weighted by atomic mass is 35.5. The van der Waals surface area contributed by atoms with Crippen molar-refractivity contribution in [2.75, 3.05) is 5.32 Å². The van der Waals surface area contributed by atoms with E-state index in [9.17, 15) is 9.59 Å². The van der Waals surface area contributed by atoms with Crippen molar-refractivity contribution < 1.29 is 9.59 Å². The molecular formula is C23H18Cl2N2O2. The molecule has 1 N–H and O–H groups in total. The van der Waals surface area contributed by atoms with Gasteiger partial charge in [-0.1, -0.05) is 65.7 Å². The normalized spacial score (nSPS) is 14.4. The third-order valence-electron chi connectivity index (χ3n) is 4.88. The Balaban J connectivity index is 1.90. The molecular weight excluding hydrogens is 407 g/mol. The van der Waals surface area contributed by atoms with Gasteiger partial charge in [0.15, 0.2) is 0 Å². The summed E-state index contributed by atoms with van der Waals surface area (Å²) in [7, 11) is 0. The standard InChI is InChI=1S/C23H18Cl2N2O2/c1-13(2)27-22(28)20(17-11-10-15(24)12-18(17)25)21(23(27)29)26-19-9-5-7-14-6-3-4-8-16(14)19/h3-13,26H,1-2H3. The fourth-order valence-corrected chi connectivity index (χ4v) is 4.05. The van der Waals surface area contributed by atoms with E-state index in [1.54, 1.807) is 32.0 Å². The zero-order chi connectivity index (χ0) is 20.7. The molecule has 0 fully saturated rings. The van der Waals surface area contributed by atoms with Crippen LogP contribution in [0.25, 0.3) is 16.3 Å². The fourth-order valence-electron chi connectivity index (χ4n) is 3.54. The first-order valence-electron chi connectivity index (χ1n) is 9.21. The van der Waals surface area contributed by atoms with Crippen molar-refractivity contribution in [3.63, 3.8) is 0 Å². The van der Waals surface area contributed by atoms with Crippen molar-refractivity contribution in [2.24, 2.45) is 0 Å². The van der Waals surface area contributed by atoms with Gasteiger partial charge in [-0.3, -0.25) is 14.5 Å². The van der Waals surface area contributed by atoms with Gasteiger partial charge in [0.2, 0.25) is 0 Å². The number of hydrogen-bond donors (Lipinski definition) is 1. The summed E-state index contributed by atoms with van der Waals surface area (Å²) in [6, 6.07) is 18.2. The van der Waals surface area contributed by atoms with E-state index in [1.165, 1.54) is 4.90 Å². The summed E-state index contributed by atoms with van der Waals surface area (Å²) in [5.41, 5.74) is 1.68. The molecule has 6 heteroatoms. The first-order valence-corrected chi connectivity index (χ1v) is 9.96. The third kappa shape index (κ3) is 3.39. The van der Waals surface area contributed by atoms with Gasteiger partial charge in [-0.15, -0.1) is 0 Å². The fraction of sp³-hybridized carbons (Fsp3) is 0.130. The van der Waals surface area contributed by atoms with Crippen molar-refractivity contribution in [2.45, 2.75) is 19.9 Å². The molecule has 0 radical (unpaired) electrons. The minimum absolute atomic E-state index is 0.212. The van der Waals surface area contributed by atoms with Crippen molar-refractivity contribution in [1.29, 1.82) is 0 Å². The molecule has 0 aromatic heterocycles. The van der Waals surface area contributed by atoms with E-state index in [1.807, 2.05) is 42.5 Å². The van der Waals surface area contributed by atoms with Crippen molar-refractivity contribution >= 4 is 57.0 Å².